The van der Waals surface area contributed by atoms with Crippen LogP contribution in [0.25, 0.3) is 0 Å². The van der Waals surface area contributed by atoms with Gasteiger partial charge in [-0.25, -0.2) is 0 Å². The van der Waals surface area contributed by atoms with E-state index >= 15 is 0 Å². The fraction of sp³-hybridized carbons (Fsp3) is 0.611. The van der Waals surface area contributed by atoms with Crippen molar-refractivity contribution in [2.24, 2.45) is 17.8 Å². The highest BCUT2D eigenvalue weighted by atomic mass is 16.5. The Balaban J connectivity index is 1.28. The van der Waals surface area contributed by atoms with Gasteiger partial charge in [0.1, 0.15) is 5.78 Å². The van der Waals surface area contributed by atoms with Crippen molar-refractivity contribution >= 4 is 5.78 Å². The van der Waals surface area contributed by atoms with Gasteiger partial charge in [0.05, 0.1) is 13.2 Å². The number of rotatable bonds is 5. The fourth-order valence-electron chi connectivity index (χ4n) is 4.10. The number of aryl methyl sites for hydroxylation is 1. The van der Waals surface area contributed by atoms with Gasteiger partial charge in [0.2, 0.25) is 0 Å². The molecule has 1 aromatic rings. The lowest BCUT2D eigenvalue weighted by molar-refractivity contribution is -0.119. The van der Waals surface area contributed by atoms with Gasteiger partial charge >= 0.3 is 0 Å². The highest BCUT2D eigenvalue weighted by Gasteiger charge is 2.45. The zero-order valence-electron chi connectivity index (χ0n) is 11.9. The maximum Gasteiger partial charge on any atom is 0.133 e. The zero-order valence-corrected chi connectivity index (χ0v) is 11.9. The van der Waals surface area contributed by atoms with Crippen LogP contribution in [0.15, 0.2) is 18.2 Å². The quantitative estimate of drug-likeness (QED) is 0.816. The van der Waals surface area contributed by atoms with Crippen molar-refractivity contribution in [3.63, 3.8) is 0 Å². The standard InChI is InChI=1S/C18H22O2/c19-18(8-13-6-15-9-16(15)7-13)4-2-12-1-3-14-10-20-11-17(14)5-12/h1,3,5,13,15-16H,2,4,6-11H2. The summed E-state index contributed by atoms with van der Waals surface area (Å²) in [5.41, 5.74) is 3.91. The third-order valence-electron chi connectivity index (χ3n) is 5.34. The minimum absolute atomic E-state index is 0.466. The summed E-state index contributed by atoms with van der Waals surface area (Å²) >= 11 is 0. The normalized spacial score (nSPS) is 30.1. The smallest absolute Gasteiger partial charge is 0.133 e. The molecule has 2 fully saturated rings. The molecule has 0 bridgehead atoms. The van der Waals surface area contributed by atoms with Gasteiger partial charge in [0, 0.05) is 12.8 Å². The number of carbonyl (C=O) groups excluding carboxylic acids is 1. The lowest BCUT2D eigenvalue weighted by Crippen LogP contribution is -2.08. The second-order valence-corrected chi connectivity index (χ2v) is 6.93. The van der Waals surface area contributed by atoms with Crippen LogP contribution in [0.3, 0.4) is 0 Å². The molecule has 2 saturated carbocycles. The summed E-state index contributed by atoms with van der Waals surface area (Å²) in [6, 6.07) is 6.54. The van der Waals surface area contributed by atoms with Crippen LogP contribution in [0.5, 0.6) is 0 Å². The fourth-order valence-corrected chi connectivity index (χ4v) is 4.10. The summed E-state index contributed by atoms with van der Waals surface area (Å²) in [5.74, 6) is 3.15. The number of hydrogen-bond acceptors (Lipinski definition) is 2. The van der Waals surface area contributed by atoms with E-state index in [4.69, 9.17) is 4.74 Å². The second-order valence-electron chi connectivity index (χ2n) is 6.93. The van der Waals surface area contributed by atoms with Crippen LogP contribution in [0.2, 0.25) is 0 Å². The molecule has 0 saturated heterocycles. The van der Waals surface area contributed by atoms with Crippen molar-refractivity contribution in [1.82, 2.24) is 0 Å². The van der Waals surface area contributed by atoms with Crippen LogP contribution in [0.1, 0.15) is 48.8 Å². The van der Waals surface area contributed by atoms with Crippen LogP contribution in [0.4, 0.5) is 0 Å². The average molecular weight is 270 g/mol. The van der Waals surface area contributed by atoms with Gasteiger partial charge in [-0.05, 0) is 60.1 Å². The van der Waals surface area contributed by atoms with E-state index in [1.807, 2.05) is 0 Å². The topological polar surface area (TPSA) is 26.3 Å². The third-order valence-corrected chi connectivity index (χ3v) is 5.34. The number of benzene rings is 1. The molecule has 2 atom stereocenters. The molecular weight excluding hydrogens is 248 g/mol. The van der Waals surface area contributed by atoms with E-state index in [0.29, 0.717) is 18.1 Å². The van der Waals surface area contributed by atoms with Gasteiger partial charge in [-0.3, -0.25) is 4.79 Å². The van der Waals surface area contributed by atoms with Gasteiger partial charge in [0.15, 0.2) is 0 Å². The molecule has 0 N–H and O–H groups in total. The van der Waals surface area contributed by atoms with E-state index in [2.05, 4.69) is 18.2 Å². The largest absolute Gasteiger partial charge is 0.372 e. The first-order valence-corrected chi connectivity index (χ1v) is 7.98. The average Bonchev–Trinajstić information content (AvgIpc) is 2.88. The Morgan fingerprint density at radius 3 is 2.75 bits per heavy atom. The molecule has 1 aliphatic heterocycles. The van der Waals surface area contributed by atoms with E-state index < -0.39 is 0 Å². The Morgan fingerprint density at radius 1 is 1.10 bits per heavy atom. The minimum Gasteiger partial charge on any atom is -0.372 e. The van der Waals surface area contributed by atoms with Crippen molar-refractivity contribution in [1.29, 1.82) is 0 Å². The van der Waals surface area contributed by atoms with Crippen molar-refractivity contribution in [3.05, 3.63) is 34.9 Å². The van der Waals surface area contributed by atoms with E-state index in [1.165, 1.54) is 36.0 Å². The van der Waals surface area contributed by atoms with Gasteiger partial charge in [0.25, 0.3) is 0 Å². The Kier molecular flexibility index (Phi) is 3.14. The van der Waals surface area contributed by atoms with Gasteiger partial charge in [-0.1, -0.05) is 18.2 Å². The molecule has 0 radical (unpaired) electrons. The van der Waals surface area contributed by atoms with Crippen LogP contribution in [-0.4, -0.2) is 5.78 Å². The molecule has 1 aromatic carbocycles. The molecule has 0 aromatic heterocycles. The van der Waals surface area contributed by atoms with Crippen LogP contribution in [-0.2, 0) is 29.2 Å². The maximum absolute atomic E-state index is 12.1. The molecule has 2 heteroatoms. The van der Waals surface area contributed by atoms with Crippen molar-refractivity contribution in [2.75, 3.05) is 0 Å². The number of ether oxygens (including phenoxy) is 1. The zero-order chi connectivity index (χ0) is 13.5. The molecule has 3 aliphatic rings. The Hall–Kier alpha value is -1.15. The van der Waals surface area contributed by atoms with Gasteiger partial charge < -0.3 is 4.74 Å². The Morgan fingerprint density at radius 2 is 1.90 bits per heavy atom. The van der Waals surface area contributed by atoms with Crippen molar-refractivity contribution < 1.29 is 9.53 Å². The monoisotopic (exact) mass is 270 g/mol. The first kappa shape index (κ1) is 12.6. The molecular formula is C18H22O2. The SMILES string of the molecule is O=C(CCc1ccc2c(c1)COC2)CC1CC2CC2C1. The predicted octanol–water partition coefficient (Wildman–Crippen LogP) is 3.65. The first-order chi connectivity index (χ1) is 9.78. The summed E-state index contributed by atoms with van der Waals surface area (Å²) in [6.07, 6.45) is 6.54. The summed E-state index contributed by atoms with van der Waals surface area (Å²) in [7, 11) is 0. The second kappa shape index (κ2) is 5.00. The molecule has 2 nitrogen and oxygen atoms in total. The maximum atomic E-state index is 12.1. The van der Waals surface area contributed by atoms with Crippen molar-refractivity contribution in [2.45, 2.75) is 51.7 Å². The number of fused-ring (bicyclic) bond motifs is 2. The molecule has 0 amide bonds. The van der Waals surface area contributed by atoms with Gasteiger partial charge in [-0.15, -0.1) is 0 Å². The molecule has 1 heterocycles. The van der Waals surface area contributed by atoms with E-state index in [1.54, 1.807) is 0 Å². The minimum atomic E-state index is 0.466. The van der Waals surface area contributed by atoms with E-state index in [9.17, 15) is 4.79 Å². The van der Waals surface area contributed by atoms with Crippen LogP contribution < -0.4 is 0 Å². The molecule has 2 aliphatic carbocycles. The molecule has 20 heavy (non-hydrogen) atoms. The van der Waals surface area contributed by atoms with Gasteiger partial charge in [-0.2, -0.15) is 0 Å². The highest BCUT2D eigenvalue weighted by Crippen LogP contribution is 2.55. The van der Waals surface area contributed by atoms with E-state index in [0.717, 1.165) is 37.9 Å². The lowest BCUT2D eigenvalue weighted by Gasteiger charge is -2.10. The summed E-state index contributed by atoms with van der Waals surface area (Å²) in [4.78, 5) is 12.1. The molecule has 4 rings (SSSR count). The third kappa shape index (κ3) is 2.54. The Labute approximate surface area is 120 Å². The highest BCUT2D eigenvalue weighted by molar-refractivity contribution is 5.79. The summed E-state index contributed by atoms with van der Waals surface area (Å²) in [5, 5.41) is 0. The number of ketones is 1. The lowest BCUT2D eigenvalue weighted by atomic mass is 9.94. The van der Waals surface area contributed by atoms with Crippen molar-refractivity contribution in [3.8, 4) is 0 Å². The number of hydrogen-bond donors (Lipinski definition) is 0. The molecule has 0 spiro atoms. The van der Waals surface area contributed by atoms with Crippen LogP contribution >= 0.6 is 0 Å². The summed E-state index contributed by atoms with van der Waals surface area (Å²) < 4.78 is 5.43. The van der Waals surface area contributed by atoms with Crippen LogP contribution in [0, 0.1) is 17.8 Å². The first-order valence-electron chi connectivity index (χ1n) is 7.98. The number of Topliss-reactive ketones (excluding diaryl/α,β-unsaturated/α-hetero) is 1. The molecule has 106 valence electrons. The summed E-state index contributed by atoms with van der Waals surface area (Å²) in [6.45, 7) is 1.49. The molecule has 2 unspecified atom stereocenters. The predicted molar refractivity (Wildman–Crippen MR) is 77.2 cm³/mol. The Bertz CT molecular complexity index is 524. The van der Waals surface area contributed by atoms with E-state index in [-0.39, 0.29) is 0 Å². The number of carbonyl (C=O) groups is 1.